The van der Waals surface area contributed by atoms with Crippen molar-refractivity contribution in [3.05, 3.63) is 71.8 Å². The van der Waals surface area contributed by atoms with E-state index >= 15 is 0 Å². The second-order valence-electron chi connectivity index (χ2n) is 8.84. The molecule has 1 aliphatic carbocycles. The van der Waals surface area contributed by atoms with E-state index in [9.17, 15) is 4.79 Å². The molecule has 0 atom stereocenters. The molecule has 0 N–H and O–H groups in total. The van der Waals surface area contributed by atoms with Gasteiger partial charge in [0.2, 0.25) is 0 Å². The molecule has 0 aromatic heterocycles. The van der Waals surface area contributed by atoms with Crippen LogP contribution in [0.25, 0.3) is 0 Å². The van der Waals surface area contributed by atoms with Gasteiger partial charge in [-0.05, 0) is 45.4 Å². The summed E-state index contributed by atoms with van der Waals surface area (Å²) in [5, 5.41) is 2.02. The van der Waals surface area contributed by atoms with Gasteiger partial charge in [-0.1, -0.05) is 48.6 Å². The minimum absolute atomic E-state index is 0.137. The third kappa shape index (κ3) is 4.45. The van der Waals surface area contributed by atoms with E-state index in [1.165, 1.54) is 0 Å². The van der Waals surface area contributed by atoms with Gasteiger partial charge in [0, 0.05) is 29.8 Å². The monoisotopic (exact) mass is 381 g/mol. The minimum Gasteiger partial charge on any atom is -0.459 e. The summed E-state index contributed by atoms with van der Waals surface area (Å²) < 4.78 is 5.89. The molecule has 1 saturated heterocycles. The normalized spacial score (nSPS) is 22.2. The lowest BCUT2D eigenvalue weighted by atomic mass is 9.80. The number of benzene rings is 1. The largest absolute Gasteiger partial charge is 0.459 e. The van der Waals surface area contributed by atoms with E-state index < -0.39 is 0 Å². The van der Waals surface area contributed by atoms with Crippen LogP contribution in [0.1, 0.15) is 62.4 Å². The molecule has 2 aliphatic rings. The Hall–Kier alpha value is -2.17. The van der Waals surface area contributed by atoms with Crippen molar-refractivity contribution in [2.24, 2.45) is 0 Å². The van der Waals surface area contributed by atoms with Crippen molar-refractivity contribution >= 4 is 5.97 Å². The quantitative estimate of drug-likeness (QED) is 0.673. The van der Waals surface area contributed by atoms with E-state index in [0.29, 0.717) is 5.56 Å². The number of allylic oxidation sites excluding steroid dienone is 6. The van der Waals surface area contributed by atoms with Gasteiger partial charge >= 0.3 is 5.97 Å². The van der Waals surface area contributed by atoms with Crippen LogP contribution in [0.2, 0.25) is 0 Å². The number of hydroxylamine groups is 2. The Labute approximate surface area is 168 Å². The number of carbonyl (C=O) groups is 1. The van der Waals surface area contributed by atoms with Gasteiger partial charge in [0.1, 0.15) is 6.10 Å². The van der Waals surface area contributed by atoms with E-state index in [4.69, 9.17) is 9.57 Å². The first-order valence-corrected chi connectivity index (χ1v) is 9.90. The van der Waals surface area contributed by atoms with Crippen LogP contribution in [0.15, 0.2) is 60.7 Å². The maximum Gasteiger partial charge on any atom is 0.338 e. The molecule has 3 rings (SSSR count). The molecule has 28 heavy (non-hydrogen) atoms. The molecule has 0 saturated carbocycles. The molecule has 1 heterocycles. The summed E-state index contributed by atoms with van der Waals surface area (Å²) in [5.74, 6) is -0.0392. The fourth-order valence-electron chi connectivity index (χ4n) is 4.59. The molecule has 0 spiro atoms. The van der Waals surface area contributed by atoms with Crippen molar-refractivity contribution in [2.75, 3.05) is 7.11 Å². The van der Waals surface area contributed by atoms with Crippen LogP contribution in [0.4, 0.5) is 0 Å². The summed E-state index contributed by atoms with van der Waals surface area (Å²) >= 11 is 0. The van der Waals surface area contributed by atoms with Crippen LogP contribution in [0, 0.1) is 0 Å². The lowest BCUT2D eigenvalue weighted by Gasteiger charge is -2.52. The Bertz CT molecular complexity index is 753. The molecule has 4 heteroatoms. The molecule has 0 unspecified atom stereocenters. The molecule has 4 nitrogen and oxygen atoms in total. The zero-order valence-corrected chi connectivity index (χ0v) is 17.5. The molecule has 1 aliphatic heterocycles. The van der Waals surface area contributed by atoms with Crippen LogP contribution >= 0.6 is 0 Å². The van der Waals surface area contributed by atoms with Crippen molar-refractivity contribution in [3.8, 4) is 0 Å². The maximum absolute atomic E-state index is 12.7. The Morgan fingerprint density at radius 1 is 0.929 bits per heavy atom. The number of hydrogen-bond donors (Lipinski definition) is 0. The first-order valence-electron chi connectivity index (χ1n) is 9.90. The predicted molar refractivity (Wildman–Crippen MR) is 112 cm³/mol. The van der Waals surface area contributed by atoms with Gasteiger partial charge < -0.3 is 9.57 Å². The van der Waals surface area contributed by atoms with Gasteiger partial charge in [0.15, 0.2) is 0 Å². The molecular weight excluding hydrogens is 350 g/mol. The standard InChI is InChI=1S/C24H31NO3/c1-23(2)16-21(17-24(3,4)25(23)27-5)28-22(26)20-14-12-19(13-15-20)18-10-8-6-7-9-11-18/h6-15,18,21H,16-17H2,1-5H3. The van der Waals surface area contributed by atoms with Crippen LogP contribution in [-0.4, -0.2) is 35.3 Å². The summed E-state index contributed by atoms with van der Waals surface area (Å²) in [6, 6.07) is 7.72. The van der Waals surface area contributed by atoms with E-state index in [1.54, 1.807) is 7.11 Å². The molecule has 1 fully saturated rings. The Balaban J connectivity index is 1.68. The number of hydrogen-bond acceptors (Lipinski definition) is 4. The Morgan fingerprint density at radius 2 is 1.46 bits per heavy atom. The summed E-state index contributed by atoms with van der Waals surface area (Å²) in [6.45, 7) is 8.48. The fourth-order valence-corrected chi connectivity index (χ4v) is 4.59. The molecule has 0 bridgehead atoms. The zero-order chi connectivity index (χ0) is 20.4. The van der Waals surface area contributed by atoms with E-state index in [2.05, 4.69) is 39.8 Å². The van der Waals surface area contributed by atoms with E-state index in [-0.39, 0.29) is 29.1 Å². The Morgan fingerprint density at radius 3 is 1.96 bits per heavy atom. The number of ether oxygens (including phenoxy) is 1. The van der Waals surface area contributed by atoms with Crippen LogP contribution in [0.3, 0.4) is 0 Å². The molecule has 1 aromatic rings. The van der Waals surface area contributed by atoms with E-state index in [1.807, 2.05) is 53.6 Å². The summed E-state index contributed by atoms with van der Waals surface area (Å²) in [6.07, 6.45) is 13.7. The van der Waals surface area contributed by atoms with Crippen molar-refractivity contribution in [1.29, 1.82) is 0 Å². The van der Waals surface area contributed by atoms with Gasteiger partial charge in [-0.3, -0.25) is 0 Å². The summed E-state index contributed by atoms with van der Waals surface area (Å²) in [4.78, 5) is 18.3. The van der Waals surface area contributed by atoms with Gasteiger partial charge in [0.05, 0.1) is 12.7 Å². The highest BCUT2D eigenvalue weighted by atomic mass is 16.7. The Kier molecular flexibility index (Phi) is 5.92. The maximum atomic E-state index is 12.7. The molecule has 150 valence electrons. The molecular formula is C24H31NO3. The number of rotatable bonds is 4. The average molecular weight is 382 g/mol. The summed E-state index contributed by atoms with van der Waals surface area (Å²) in [7, 11) is 1.70. The van der Waals surface area contributed by atoms with Crippen LogP contribution in [-0.2, 0) is 9.57 Å². The first-order chi connectivity index (χ1) is 13.2. The topological polar surface area (TPSA) is 38.8 Å². The predicted octanol–water partition coefficient (Wildman–Crippen LogP) is 5.19. The molecule has 0 radical (unpaired) electrons. The van der Waals surface area contributed by atoms with Crippen molar-refractivity contribution in [3.63, 3.8) is 0 Å². The third-order valence-electron chi connectivity index (χ3n) is 5.51. The lowest BCUT2D eigenvalue weighted by Crippen LogP contribution is -2.61. The highest BCUT2D eigenvalue weighted by Crippen LogP contribution is 2.39. The second-order valence-corrected chi connectivity index (χ2v) is 8.84. The summed E-state index contributed by atoms with van der Waals surface area (Å²) in [5.41, 5.74) is 1.33. The second kappa shape index (κ2) is 8.06. The fraction of sp³-hybridized carbons (Fsp3) is 0.458. The van der Waals surface area contributed by atoms with Gasteiger partial charge in [0.25, 0.3) is 0 Å². The number of piperidine rings is 1. The highest BCUT2D eigenvalue weighted by Gasteiger charge is 2.47. The molecule has 0 amide bonds. The smallest absolute Gasteiger partial charge is 0.338 e. The number of esters is 1. The van der Waals surface area contributed by atoms with E-state index in [0.717, 1.165) is 18.4 Å². The van der Waals surface area contributed by atoms with Gasteiger partial charge in [-0.15, -0.1) is 0 Å². The SMILES string of the molecule is CON1C(C)(C)CC(OC(=O)c2ccc(C3C=CC=CC=C3)cc2)CC1(C)C. The van der Waals surface area contributed by atoms with Crippen LogP contribution in [0.5, 0.6) is 0 Å². The third-order valence-corrected chi connectivity index (χ3v) is 5.51. The van der Waals surface area contributed by atoms with Crippen molar-refractivity contribution in [2.45, 2.75) is 63.6 Å². The minimum atomic E-state index is -0.261. The van der Waals surface area contributed by atoms with Crippen LogP contribution < -0.4 is 0 Å². The molecule has 1 aromatic carbocycles. The number of nitrogens with zero attached hydrogens (tertiary/aromatic N) is 1. The number of carbonyl (C=O) groups excluding carboxylic acids is 1. The average Bonchev–Trinajstić information content (AvgIpc) is 2.89. The van der Waals surface area contributed by atoms with Crippen molar-refractivity contribution < 1.29 is 14.4 Å². The van der Waals surface area contributed by atoms with Gasteiger partial charge in [-0.25, -0.2) is 4.79 Å². The van der Waals surface area contributed by atoms with Crippen molar-refractivity contribution in [1.82, 2.24) is 5.06 Å². The van der Waals surface area contributed by atoms with Gasteiger partial charge in [-0.2, -0.15) is 5.06 Å². The zero-order valence-electron chi connectivity index (χ0n) is 17.5. The lowest BCUT2D eigenvalue weighted by molar-refractivity contribution is -0.276. The first kappa shape index (κ1) is 20.6. The highest BCUT2D eigenvalue weighted by molar-refractivity contribution is 5.89.